The van der Waals surface area contributed by atoms with Crippen LogP contribution in [0.2, 0.25) is 5.02 Å². The van der Waals surface area contributed by atoms with E-state index in [-0.39, 0.29) is 6.04 Å². The highest BCUT2D eigenvalue weighted by atomic mass is 35.5. The third-order valence-electron chi connectivity index (χ3n) is 3.06. The van der Waals surface area contributed by atoms with Crippen LogP contribution in [0.1, 0.15) is 17.3 Å². The van der Waals surface area contributed by atoms with Crippen LogP contribution in [0.25, 0.3) is 0 Å². The minimum absolute atomic E-state index is 0.133. The molecule has 0 aliphatic rings. The van der Waals surface area contributed by atoms with Crippen molar-refractivity contribution in [2.24, 2.45) is 0 Å². The Kier molecular flexibility index (Phi) is 4.77. The van der Waals surface area contributed by atoms with Crippen LogP contribution in [0.3, 0.4) is 0 Å². The first kappa shape index (κ1) is 13.8. The van der Waals surface area contributed by atoms with E-state index in [1.165, 1.54) is 0 Å². The van der Waals surface area contributed by atoms with E-state index in [1.807, 2.05) is 43.4 Å². The van der Waals surface area contributed by atoms with Crippen molar-refractivity contribution < 1.29 is 4.74 Å². The summed E-state index contributed by atoms with van der Waals surface area (Å²) in [5.41, 5.74) is 2.08. The van der Waals surface area contributed by atoms with Crippen molar-refractivity contribution in [2.75, 3.05) is 14.2 Å². The third kappa shape index (κ3) is 3.46. The van der Waals surface area contributed by atoms with Crippen molar-refractivity contribution >= 4 is 11.6 Å². The maximum atomic E-state index is 6.05. The van der Waals surface area contributed by atoms with Crippen molar-refractivity contribution in [3.63, 3.8) is 0 Å². The number of hydrogen-bond acceptors (Lipinski definition) is 3. The first-order valence-electron chi connectivity index (χ1n) is 6.15. The van der Waals surface area contributed by atoms with Crippen LogP contribution in [0.5, 0.6) is 5.75 Å². The van der Waals surface area contributed by atoms with Gasteiger partial charge in [0, 0.05) is 11.2 Å². The van der Waals surface area contributed by atoms with Gasteiger partial charge < -0.3 is 10.1 Å². The Morgan fingerprint density at radius 2 is 2.16 bits per heavy atom. The highest BCUT2D eigenvalue weighted by molar-refractivity contribution is 6.30. The number of likely N-dealkylation sites (N-methyl/N-ethyl adjacent to an activating group) is 1. The normalized spacial score (nSPS) is 12.2. The quantitative estimate of drug-likeness (QED) is 0.910. The highest BCUT2D eigenvalue weighted by Crippen LogP contribution is 2.27. The molecular weight excluding hydrogens is 260 g/mol. The molecule has 2 rings (SSSR count). The molecule has 1 N–H and O–H groups in total. The molecule has 100 valence electrons. The summed E-state index contributed by atoms with van der Waals surface area (Å²) in [5.74, 6) is 0.848. The topological polar surface area (TPSA) is 34.1 Å². The summed E-state index contributed by atoms with van der Waals surface area (Å²) in [6.07, 6.45) is 2.58. The fourth-order valence-electron chi connectivity index (χ4n) is 2.06. The molecule has 0 spiro atoms. The van der Waals surface area contributed by atoms with E-state index in [9.17, 15) is 0 Å². The van der Waals surface area contributed by atoms with E-state index in [0.717, 1.165) is 23.4 Å². The minimum atomic E-state index is 0.133. The number of ether oxygens (including phenoxy) is 1. The Balaban J connectivity index is 2.26. The standard InChI is InChI=1S/C15H17ClN2O/c1-17-14(13-5-3-4-8-18-13)10-11-9-12(16)6-7-15(11)19-2/h3-9,14,17H,10H2,1-2H3. The number of methoxy groups -OCH3 is 1. The molecule has 0 bridgehead atoms. The van der Waals surface area contributed by atoms with E-state index in [2.05, 4.69) is 10.3 Å². The monoisotopic (exact) mass is 276 g/mol. The largest absolute Gasteiger partial charge is 0.496 e. The molecule has 1 aromatic carbocycles. The Hall–Kier alpha value is -1.58. The first-order chi connectivity index (χ1) is 9.24. The molecule has 0 amide bonds. The zero-order valence-electron chi connectivity index (χ0n) is 11.1. The van der Waals surface area contributed by atoms with Crippen LogP contribution in [0.4, 0.5) is 0 Å². The van der Waals surface area contributed by atoms with Crippen LogP contribution >= 0.6 is 11.6 Å². The van der Waals surface area contributed by atoms with Crippen LogP contribution in [0, 0.1) is 0 Å². The predicted molar refractivity (Wildman–Crippen MR) is 77.7 cm³/mol. The number of pyridine rings is 1. The fourth-order valence-corrected chi connectivity index (χ4v) is 2.26. The summed E-state index contributed by atoms with van der Waals surface area (Å²) >= 11 is 6.05. The molecule has 0 radical (unpaired) electrons. The maximum absolute atomic E-state index is 6.05. The lowest BCUT2D eigenvalue weighted by Crippen LogP contribution is -2.20. The SMILES string of the molecule is CNC(Cc1cc(Cl)ccc1OC)c1ccccn1. The van der Waals surface area contributed by atoms with E-state index >= 15 is 0 Å². The number of benzene rings is 1. The van der Waals surface area contributed by atoms with Crippen LogP contribution in [-0.4, -0.2) is 19.1 Å². The Labute approximate surface area is 118 Å². The van der Waals surface area contributed by atoms with Gasteiger partial charge in [-0.15, -0.1) is 0 Å². The van der Waals surface area contributed by atoms with Gasteiger partial charge in [-0.3, -0.25) is 4.98 Å². The van der Waals surface area contributed by atoms with Gasteiger partial charge in [0.05, 0.1) is 18.8 Å². The highest BCUT2D eigenvalue weighted by Gasteiger charge is 2.14. The van der Waals surface area contributed by atoms with E-state index < -0.39 is 0 Å². The predicted octanol–water partition coefficient (Wildman–Crippen LogP) is 3.25. The Morgan fingerprint density at radius 1 is 1.32 bits per heavy atom. The maximum Gasteiger partial charge on any atom is 0.122 e. The first-order valence-corrected chi connectivity index (χ1v) is 6.53. The van der Waals surface area contributed by atoms with Gasteiger partial charge in [-0.2, -0.15) is 0 Å². The summed E-state index contributed by atoms with van der Waals surface area (Å²) in [7, 11) is 3.60. The molecule has 0 aliphatic carbocycles. The van der Waals surface area contributed by atoms with Gasteiger partial charge in [0.1, 0.15) is 5.75 Å². The van der Waals surface area contributed by atoms with Gasteiger partial charge >= 0.3 is 0 Å². The van der Waals surface area contributed by atoms with Crippen LogP contribution in [0.15, 0.2) is 42.6 Å². The van der Waals surface area contributed by atoms with Crippen molar-refractivity contribution in [3.8, 4) is 5.75 Å². The Morgan fingerprint density at radius 3 is 2.79 bits per heavy atom. The molecule has 1 heterocycles. The zero-order valence-corrected chi connectivity index (χ0v) is 11.8. The molecule has 1 atom stereocenters. The second kappa shape index (κ2) is 6.55. The summed E-state index contributed by atoms with van der Waals surface area (Å²) in [4.78, 5) is 4.39. The van der Waals surface area contributed by atoms with Gasteiger partial charge in [0.2, 0.25) is 0 Å². The van der Waals surface area contributed by atoms with Gasteiger partial charge in [-0.1, -0.05) is 17.7 Å². The van der Waals surface area contributed by atoms with E-state index in [4.69, 9.17) is 16.3 Å². The molecule has 1 aromatic heterocycles. The number of rotatable bonds is 5. The molecule has 1 unspecified atom stereocenters. The van der Waals surface area contributed by atoms with Crippen molar-refractivity contribution in [1.82, 2.24) is 10.3 Å². The molecule has 3 nitrogen and oxygen atoms in total. The minimum Gasteiger partial charge on any atom is -0.496 e. The van der Waals surface area contributed by atoms with Gasteiger partial charge in [0.25, 0.3) is 0 Å². The van der Waals surface area contributed by atoms with Gasteiger partial charge in [-0.05, 0) is 49.4 Å². The average molecular weight is 277 g/mol. The van der Waals surface area contributed by atoms with E-state index in [1.54, 1.807) is 13.3 Å². The van der Waals surface area contributed by atoms with Gasteiger partial charge in [0.15, 0.2) is 0 Å². The lowest BCUT2D eigenvalue weighted by atomic mass is 10.0. The molecule has 0 saturated heterocycles. The summed E-state index contributed by atoms with van der Waals surface area (Å²) in [6.45, 7) is 0. The number of nitrogens with zero attached hydrogens (tertiary/aromatic N) is 1. The van der Waals surface area contributed by atoms with Crippen LogP contribution < -0.4 is 10.1 Å². The van der Waals surface area contributed by atoms with E-state index in [0.29, 0.717) is 5.02 Å². The molecule has 0 fully saturated rings. The summed E-state index contributed by atoms with van der Waals surface area (Å²) < 4.78 is 5.37. The number of nitrogens with one attached hydrogen (secondary N) is 1. The van der Waals surface area contributed by atoms with Crippen molar-refractivity contribution in [1.29, 1.82) is 0 Å². The number of halogens is 1. The number of aromatic nitrogens is 1. The molecule has 19 heavy (non-hydrogen) atoms. The average Bonchev–Trinajstić information content (AvgIpc) is 2.46. The summed E-state index contributed by atoms with van der Waals surface area (Å²) in [5, 5.41) is 3.99. The smallest absolute Gasteiger partial charge is 0.122 e. The lowest BCUT2D eigenvalue weighted by molar-refractivity contribution is 0.406. The van der Waals surface area contributed by atoms with Crippen molar-refractivity contribution in [2.45, 2.75) is 12.5 Å². The molecule has 2 aromatic rings. The second-order valence-corrected chi connectivity index (χ2v) is 4.69. The van der Waals surface area contributed by atoms with Crippen LogP contribution in [-0.2, 0) is 6.42 Å². The summed E-state index contributed by atoms with van der Waals surface area (Å²) in [6, 6.07) is 11.7. The molecule has 0 saturated carbocycles. The molecule has 0 aliphatic heterocycles. The second-order valence-electron chi connectivity index (χ2n) is 4.26. The Bertz CT molecular complexity index is 531. The molecule has 4 heteroatoms. The van der Waals surface area contributed by atoms with Crippen molar-refractivity contribution in [3.05, 3.63) is 58.9 Å². The third-order valence-corrected chi connectivity index (χ3v) is 3.29. The zero-order chi connectivity index (χ0) is 13.7. The molecular formula is C15H17ClN2O. The van der Waals surface area contributed by atoms with Gasteiger partial charge in [-0.25, -0.2) is 0 Å². The number of hydrogen-bond donors (Lipinski definition) is 1. The lowest BCUT2D eigenvalue weighted by Gasteiger charge is -2.17. The fraction of sp³-hybridized carbons (Fsp3) is 0.267.